The third-order valence-electron chi connectivity index (χ3n) is 5.29. The minimum Gasteiger partial charge on any atom is -0.357 e. The van der Waals surface area contributed by atoms with Crippen molar-refractivity contribution < 1.29 is 4.79 Å². The van der Waals surface area contributed by atoms with Crippen molar-refractivity contribution in [2.24, 2.45) is 0 Å². The van der Waals surface area contributed by atoms with Gasteiger partial charge in [-0.05, 0) is 62.1 Å². The maximum absolute atomic E-state index is 12.5. The summed E-state index contributed by atoms with van der Waals surface area (Å²) in [6.07, 6.45) is 4.04. The lowest BCUT2D eigenvalue weighted by Gasteiger charge is -2.16. The van der Waals surface area contributed by atoms with Crippen LogP contribution in [0, 0.1) is 13.8 Å². The smallest absolute Gasteiger partial charge is 0.255 e. The molecule has 3 aromatic rings. The third-order valence-corrected chi connectivity index (χ3v) is 5.29. The highest BCUT2D eigenvalue weighted by Gasteiger charge is 2.14. The van der Waals surface area contributed by atoms with E-state index in [0.29, 0.717) is 5.56 Å². The number of rotatable bonds is 4. The first kappa shape index (κ1) is 18.2. The van der Waals surface area contributed by atoms with E-state index in [9.17, 15) is 4.79 Å². The van der Waals surface area contributed by atoms with E-state index in [1.54, 1.807) is 6.33 Å². The summed E-state index contributed by atoms with van der Waals surface area (Å²) in [5, 5.41) is 2.96. The molecule has 0 spiro atoms. The Morgan fingerprint density at radius 3 is 2.39 bits per heavy atom. The lowest BCUT2D eigenvalue weighted by Crippen LogP contribution is -2.19. The van der Waals surface area contributed by atoms with Gasteiger partial charge in [-0.25, -0.2) is 9.97 Å². The van der Waals surface area contributed by atoms with Crippen LogP contribution in [0.1, 0.15) is 34.3 Å². The van der Waals surface area contributed by atoms with Crippen LogP contribution >= 0.6 is 0 Å². The van der Waals surface area contributed by atoms with E-state index in [4.69, 9.17) is 0 Å². The van der Waals surface area contributed by atoms with Crippen LogP contribution in [0.15, 0.2) is 54.9 Å². The summed E-state index contributed by atoms with van der Waals surface area (Å²) in [6, 6.07) is 15.5. The number of anilines is 2. The molecule has 5 heteroatoms. The van der Waals surface area contributed by atoms with Crippen molar-refractivity contribution in [3.05, 3.63) is 71.5 Å². The second-order valence-electron chi connectivity index (χ2n) is 7.29. The number of nitrogens with zero attached hydrogens (tertiary/aromatic N) is 3. The van der Waals surface area contributed by atoms with Gasteiger partial charge < -0.3 is 10.2 Å². The number of carbonyl (C=O) groups excluding carboxylic acids is 1. The van der Waals surface area contributed by atoms with Gasteiger partial charge in [0.2, 0.25) is 0 Å². The van der Waals surface area contributed by atoms with E-state index in [-0.39, 0.29) is 5.91 Å². The molecule has 1 fully saturated rings. The van der Waals surface area contributed by atoms with Gasteiger partial charge in [-0.15, -0.1) is 0 Å². The van der Waals surface area contributed by atoms with Gasteiger partial charge in [0.05, 0.1) is 5.69 Å². The molecule has 2 aromatic carbocycles. The molecule has 1 aromatic heterocycles. The lowest BCUT2D eigenvalue weighted by molar-refractivity contribution is 0.102. The molecule has 0 aliphatic carbocycles. The van der Waals surface area contributed by atoms with Crippen LogP contribution in [0.3, 0.4) is 0 Å². The van der Waals surface area contributed by atoms with Crippen LogP contribution < -0.4 is 10.2 Å². The van der Waals surface area contributed by atoms with E-state index in [1.165, 1.54) is 18.4 Å². The van der Waals surface area contributed by atoms with E-state index in [0.717, 1.165) is 41.4 Å². The molecule has 0 saturated carbocycles. The predicted octanol–water partition coefficient (Wildman–Crippen LogP) is 4.61. The minimum atomic E-state index is -0.116. The van der Waals surface area contributed by atoms with Crippen LogP contribution in [0.25, 0.3) is 11.3 Å². The molecule has 1 saturated heterocycles. The molecular formula is C23H24N4O. The number of aryl methyl sites for hydroxylation is 2. The van der Waals surface area contributed by atoms with Gasteiger partial charge in [-0.2, -0.15) is 0 Å². The average molecular weight is 372 g/mol. The Kier molecular flexibility index (Phi) is 5.06. The summed E-state index contributed by atoms with van der Waals surface area (Å²) in [5.41, 5.74) is 5.65. The second kappa shape index (κ2) is 7.80. The van der Waals surface area contributed by atoms with Crippen molar-refractivity contribution in [3.63, 3.8) is 0 Å². The van der Waals surface area contributed by atoms with Gasteiger partial charge >= 0.3 is 0 Å². The molecule has 0 atom stereocenters. The normalized spacial score (nSPS) is 13.6. The Balaban J connectivity index is 1.49. The first-order valence-electron chi connectivity index (χ1n) is 9.66. The molecule has 1 aliphatic rings. The minimum absolute atomic E-state index is 0.116. The molecule has 142 valence electrons. The lowest BCUT2D eigenvalue weighted by atomic mass is 10.1. The fraction of sp³-hybridized carbons (Fsp3) is 0.261. The highest BCUT2D eigenvalue weighted by Crippen LogP contribution is 2.24. The van der Waals surface area contributed by atoms with E-state index >= 15 is 0 Å². The van der Waals surface area contributed by atoms with Crippen LogP contribution in [0.4, 0.5) is 11.5 Å². The number of carbonyl (C=O) groups is 1. The zero-order valence-electron chi connectivity index (χ0n) is 16.3. The van der Waals surface area contributed by atoms with Crippen LogP contribution in [-0.4, -0.2) is 29.0 Å². The Bertz CT molecular complexity index is 992. The first-order chi connectivity index (χ1) is 13.6. The Morgan fingerprint density at radius 2 is 1.68 bits per heavy atom. The first-order valence-corrected chi connectivity index (χ1v) is 9.66. The SMILES string of the molecule is Cc1ccc(NC(=O)c2ccc(-c3cc(N4CCCC4)ncn3)cc2)cc1C. The van der Waals surface area contributed by atoms with Crippen molar-refractivity contribution in [2.75, 3.05) is 23.3 Å². The van der Waals surface area contributed by atoms with Gasteiger partial charge in [0.25, 0.3) is 5.91 Å². The molecule has 1 N–H and O–H groups in total. The van der Waals surface area contributed by atoms with Crippen molar-refractivity contribution >= 4 is 17.4 Å². The molecule has 1 aliphatic heterocycles. The van der Waals surface area contributed by atoms with Crippen molar-refractivity contribution in [2.45, 2.75) is 26.7 Å². The molecule has 5 nitrogen and oxygen atoms in total. The summed E-state index contributed by atoms with van der Waals surface area (Å²) < 4.78 is 0. The molecule has 2 heterocycles. The number of aromatic nitrogens is 2. The maximum Gasteiger partial charge on any atom is 0.255 e. The molecule has 0 bridgehead atoms. The van der Waals surface area contributed by atoms with Crippen molar-refractivity contribution in [3.8, 4) is 11.3 Å². The fourth-order valence-electron chi connectivity index (χ4n) is 3.44. The van der Waals surface area contributed by atoms with Crippen molar-refractivity contribution in [1.82, 2.24) is 9.97 Å². The number of nitrogens with one attached hydrogen (secondary N) is 1. The van der Waals surface area contributed by atoms with Gasteiger partial charge in [0, 0.05) is 36.0 Å². The number of hydrogen-bond acceptors (Lipinski definition) is 4. The Labute approximate surface area is 165 Å². The highest BCUT2D eigenvalue weighted by molar-refractivity contribution is 6.04. The molecule has 1 amide bonds. The molecule has 0 radical (unpaired) electrons. The number of hydrogen-bond donors (Lipinski definition) is 1. The van der Waals surface area contributed by atoms with Crippen molar-refractivity contribution in [1.29, 1.82) is 0 Å². The van der Waals surface area contributed by atoms with Gasteiger partial charge in [-0.1, -0.05) is 18.2 Å². The van der Waals surface area contributed by atoms with E-state index < -0.39 is 0 Å². The van der Waals surface area contributed by atoms with E-state index in [1.807, 2.05) is 55.5 Å². The van der Waals surface area contributed by atoms with Gasteiger partial charge in [0.1, 0.15) is 12.1 Å². The van der Waals surface area contributed by atoms with Gasteiger partial charge in [-0.3, -0.25) is 4.79 Å². The third kappa shape index (κ3) is 3.88. The topological polar surface area (TPSA) is 58.1 Å². The van der Waals surface area contributed by atoms with Crippen LogP contribution in [-0.2, 0) is 0 Å². The molecule has 0 unspecified atom stereocenters. The number of amides is 1. The van der Waals surface area contributed by atoms with Gasteiger partial charge in [0.15, 0.2) is 0 Å². The van der Waals surface area contributed by atoms with Crippen LogP contribution in [0.2, 0.25) is 0 Å². The second-order valence-corrected chi connectivity index (χ2v) is 7.29. The molecule has 4 rings (SSSR count). The summed E-state index contributed by atoms with van der Waals surface area (Å²) in [7, 11) is 0. The predicted molar refractivity (Wildman–Crippen MR) is 113 cm³/mol. The monoisotopic (exact) mass is 372 g/mol. The summed E-state index contributed by atoms with van der Waals surface area (Å²) in [5.74, 6) is 0.856. The average Bonchev–Trinajstić information content (AvgIpc) is 3.26. The van der Waals surface area contributed by atoms with Crippen LogP contribution in [0.5, 0.6) is 0 Å². The maximum atomic E-state index is 12.5. The molecule has 28 heavy (non-hydrogen) atoms. The summed E-state index contributed by atoms with van der Waals surface area (Å²) in [6.45, 7) is 6.20. The summed E-state index contributed by atoms with van der Waals surface area (Å²) >= 11 is 0. The zero-order valence-corrected chi connectivity index (χ0v) is 16.3. The number of benzene rings is 2. The Hall–Kier alpha value is -3.21. The standard InChI is InChI=1S/C23H24N4O/c1-16-5-10-20(13-17(16)2)26-23(28)19-8-6-18(7-9-19)21-14-22(25-15-24-21)27-11-3-4-12-27/h5-10,13-15H,3-4,11-12H2,1-2H3,(H,26,28). The summed E-state index contributed by atoms with van der Waals surface area (Å²) in [4.78, 5) is 23.6. The zero-order chi connectivity index (χ0) is 19.5. The fourth-order valence-corrected chi connectivity index (χ4v) is 3.44. The quantitative estimate of drug-likeness (QED) is 0.726. The Morgan fingerprint density at radius 1 is 0.929 bits per heavy atom. The highest BCUT2D eigenvalue weighted by atomic mass is 16.1. The molecular weight excluding hydrogens is 348 g/mol. The van der Waals surface area contributed by atoms with E-state index in [2.05, 4.69) is 27.1 Å². The largest absolute Gasteiger partial charge is 0.357 e.